The number of piperidine rings is 1. The van der Waals surface area contributed by atoms with Crippen molar-refractivity contribution in [3.63, 3.8) is 0 Å². The van der Waals surface area contributed by atoms with Crippen molar-refractivity contribution in [1.29, 1.82) is 0 Å². The van der Waals surface area contributed by atoms with Gasteiger partial charge in [0.25, 0.3) is 5.91 Å². The number of likely N-dealkylation sites (tertiary alicyclic amines) is 1. The summed E-state index contributed by atoms with van der Waals surface area (Å²) in [6, 6.07) is 16.3. The molecule has 1 aliphatic heterocycles. The lowest BCUT2D eigenvalue weighted by Gasteiger charge is -2.30. The van der Waals surface area contributed by atoms with Gasteiger partial charge in [-0.3, -0.25) is 4.79 Å². The SMILES string of the molecule is CN1CCCC(NC(=O)c2cccc3c2nc(Nc2ccccc2I)c2sccc23)C1. The lowest BCUT2D eigenvalue weighted by Crippen LogP contribution is -2.46. The molecule has 1 amide bonds. The summed E-state index contributed by atoms with van der Waals surface area (Å²) in [6.07, 6.45) is 2.12. The van der Waals surface area contributed by atoms with Crippen molar-refractivity contribution in [2.45, 2.75) is 18.9 Å². The Morgan fingerprint density at radius 3 is 2.87 bits per heavy atom. The number of rotatable bonds is 4. The molecule has 5 nitrogen and oxygen atoms in total. The Kier molecular flexibility index (Phi) is 5.81. The maximum absolute atomic E-state index is 13.2. The van der Waals surface area contributed by atoms with Crippen LogP contribution in [0.1, 0.15) is 23.2 Å². The van der Waals surface area contributed by atoms with Gasteiger partial charge < -0.3 is 15.5 Å². The molecular formula is C24H23IN4OS. The van der Waals surface area contributed by atoms with Crippen molar-refractivity contribution in [3.05, 3.63) is 63.0 Å². The molecule has 0 radical (unpaired) electrons. The first-order chi connectivity index (χ1) is 15.1. The molecule has 7 heteroatoms. The molecule has 3 heterocycles. The van der Waals surface area contributed by atoms with Crippen LogP contribution in [0.3, 0.4) is 0 Å². The lowest BCUT2D eigenvalue weighted by molar-refractivity contribution is 0.0914. The summed E-state index contributed by atoms with van der Waals surface area (Å²) in [5.74, 6) is 0.743. The summed E-state index contributed by atoms with van der Waals surface area (Å²) < 4.78 is 2.22. The number of nitrogens with zero attached hydrogens (tertiary/aromatic N) is 2. The number of nitrogens with one attached hydrogen (secondary N) is 2. The molecule has 1 aliphatic rings. The highest BCUT2D eigenvalue weighted by Crippen LogP contribution is 2.36. The number of hydrogen-bond donors (Lipinski definition) is 2. The molecule has 0 aliphatic carbocycles. The van der Waals surface area contributed by atoms with E-state index in [2.05, 4.69) is 68.8 Å². The molecule has 4 aromatic rings. The zero-order valence-corrected chi connectivity index (χ0v) is 20.2. The Balaban J connectivity index is 1.57. The summed E-state index contributed by atoms with van der Waals surface area (Å²) >= 11 is 3.99. The van der Waals surface area contributed by atoms with E-state index in [1.165, 1.54) is 0 Å². The summed E-state index contributed by atoms with van der Waals surface area (Å²) in [5.41, 5.74) is 2.38. The number of para-hydroxylation sites is 2. The van der Waals surface area contributed by atoms with E-state index in [0.717, 1.165) is 62.0 Å². The zero-order valence-electron chi connectivity index (χ0n) is 17.2. The van der Waals surface area contributed by atoms with Gasteiger partial charge in [0.15, 0.2) is 0 Å². The monoisotopic (exact) mass is 542 g/mol. The van der Waals surface area contributed by atoms with Crippen LogP contribution in [0.15, 0.2) is 53.9 Å². The number of benzene rings is 2. The topological polar surface area (TPSA) is 57.3 Å². The van der Waals surface area contributed by atoms with E-state index in [1.54, 1.807) is 11.3 Å². The Morgan fingerprint density at radius 1 is 1.16 bits per heavy atom. The van der Waals surface area contributed by atoms with Crippen LogP contribution in [0, 0.1) is 3.57 Å². The maximum Gasteiger partial charge on any atom is 0.253 e. The van der Waals surface area contributed by atoms with Crippen LogP contribution in [0.25, 0.3) is 21.0 Å². The number of thiophene rings is 1. The normalized spacial score (nSPS) is 17.2. The minimum Gasteiger partial charge on any atom is -0.348 e. The first-order valence-electron chi connectivity index (χ1n) is 10.4. The van der Waals surface area contributed by atoms with Gasteiger partial charge in [0, 0.05) is 26.9 Å². The quantitative estimate of drug-likeness (QED) is 0.329. The van der Waals surface area contributed by atoms with Crippen molar-refractivity contribution in [1.82, 2.24) is 15.2 Å². The third-order valence-electron chi connectivity index (χ3n) is 5.76. The second-order valence-electron chi connectivity index (χ2n) is 8.01. The summed E-state index contributed by atoms with van der Waals surface area (Å²) in [7, 11) is 2.11. The number of anilines is 2. The standard InChI is InChI=1S/C24H23IN4OS/c1-29-12-5-6-15(14-29)26-24(30)18-8-4-7-16-17-11-13-31-22(17)23(28-21(16)18)27-20-10-3-2-9-19(20)25/h2-4,7-11,13,15H,5-6,12,14H2,1H3,(H,26,30)(H,27,28). The zero-order chi connectivity index (χ0) is 21.4. The van der Waals surface area contributed by atoms with E-state index >= 15 is 0 Å². The van der Waals surface area contributed by atoms with E-state index in [-0.39, 0.29) is 11.9 Å². The molecule has 1 unspecified atom stereocenters. The average molecular weight is 542 g/mol. The van der Waals surface area contributed by atoms with Crippen molar-refractivity contribution >= 4 is 72.3 Å². The van der Waals surface area contributed by atoms with Crippen LogP contribution in [0.2, 0.25) is 0 Å². The number of carbonyl (C=O) groups excluding carboxylic acids is 1. The molecule has 1 saturated heterocycles. The van der Waals surface area contributed by atoms with Crippen LogP contribution >= 0.6 is 33.9 Å². The Labute approximate surface area is 199 Å². The summed E-state index contributed by atoms with van der Waals surface area (Å²) in [4.78, 5) is 20.5. The highest BCUT2D eigenvalue weighted by Gasteiger charge is 2.22. The number of carbonyl (C=O) groups is 1. The van der Waals surface area contributed by atoms with Gasteiger partial charge in [0.1, 0.15) is 5.82 Å². The number of pyridine rings is 1. The van der Waals surface area contributed by atoms with Crippen LogP contribution in [0.4, 0.5) is 11.5 Å². The van der Waals surface area contributed by atoms with E-state index < -0.39 is 0 Å². The van der Waals surface area contributed by atoms with Crippen LogP contribution in [0.5, 0.6) is 0 Å². The molecule has 1 fully saturated rings. The number of hydrogen-bond acceptors (Lipinski definition) is 5. The fourth-order valence-electron chi connectivity index (χ4n) is 4.25. The molecule has 31 heavy (non-hydrogen) atoms. The molecule has 158 valence electrons. The Hall–Kier alpha value is -2.23. The minimum absolute atomic E-state index is 0.0479. The van der Waals surface area contributed by atoms with Crippen LogP contribution in [-0.2, 0) is 0 Å². The lowest BCUT2D eigenvalue weighted by atomic mass is 10.0. The predicted molar refractivity (Wildman–Crippen MR) is 138 cm³/mol. The second-order valence-corrected chi connectivity index (χ2v) is 10.1. The van der Waals surface area contributed by atoms with Gasteiger partial charge in [-0.05, 0) is 78.7 Å². The summed E-state index contributed by atoms with van der Waals surface area (Å²) in [5, 5.41) is 11.0. The van der Waals surface area contributed by atoms with Gasteiger partial charge in [0.2, 0.25) is 0 Å². The third-order valence-corrected chi connectivity index (χ3v) is 7.62. The first kappa shape index (κ1) is 20.7. The van der Waals surface area contributed by atoms with Gasteiger partial charge in [-0.15, -0.1) is 11.3 Å². The third kappa shape index (κ3) is 4.14. The second kappa shape index (κ2) is 8.72. The van der Waals surface area contributed by atoms with Gasteiger partial charge in [-0.1, -0.05) is 24.3 Å². The fourth-order valence-corrected chi connectivity index (χ4v) is 5.63. The molecule has 2 aromatic carbocycles. The molecule has 0 saturated carbocycles. The minimum atomic E-state index is -0.0479. The van der Waals surface area contributed by atoms with Crippen molar-refractivity contribution < 1.29 is 4.79 Å². The maximum atomic E-state index is 13.2. The highest BCUT2D eigenvalue weighted by atomic mass is 127. The van der Waals surface area contributed by atoms with Crippen molar-refractivity contribution in [3.8, 4) is 0 Å². The molecule has 0 bridgehead atoms. The molecule has 2 N–H and O–H groups in total. The molecular weight excluding hydrogens is 519 g/mol. The van der Waals surface area contributed by atoms with Gasteiger partial charge in [-0.2, -0.15) is 0 Å². The number of likely N-dealkylation sites (N-methyl/N-ethyl adjacent to an activating group) is 1. The fraction of sp³-hybridized carbons (Fsp3) is 0.250. The summed E-state index contributed by atoms with van der Waals surface area (Å²) in [6.45, 7) is 1.98. The van der Waals surface area contributed by atoms with Gasteiger partial charge >= 0.3 is 0 Å². The number of aromatic nitrogens is 1. The van der Waals surface area contributed by atoms with E-state index in [0.29, 0.717) is 5.56 Å². The smallest absolute Gasteiger partial charge is 0.253 e. The van der Waals surface area contributed by atoms with Gasteiger partial charge in [0.05, 0.1) is 21.5 Å². The van der Waals surface area contributed by atoms with E-state index in [9.17, 15) is 4.79 Å². The number of fused-ring (bicyclic) bond motifs is 3. The van der Waals surface area contributed by atoms with Gasteiger partial charge in [-0.25, -0.2) is 4.98 Å². The molecule has 2 aromatic heterocycles. The highest BCUT2D eigenvalue weighted by molar-refractivity contribution is 14.1. The Morgan fingerprint density at radius 2 is 2.03 bits per heavy atom. The van der Waals surface area contributed by atoms with Crippen molar-refractivity contribution in [2.75, 3.05) is 25.5 Å². The van der Waals surface area contributed by atoms with E-state index in [1.807, 2.05) is 30.3 Å². The molecule has 5 rings (SSSR count). The molecule has 0 spiro atoms. The predicted octanol–water partition coefficient (Wildman–Crippen LogP) is 5.62. The first-order valence-corrected chi connectivity index (χ1v) is 12.4. The van der Waals surface area contributed by atoms with Crippen molar-refractivity contribution in [2.24, 2.45) is 0 Å². The van der Waals surface area contributed by atoms with E-state index in [4.69, 9.17) is 4.98 Å². The molecule has 1 atom stereocenters. The number of amides is 1. The largest absolute Gasteiger partial charge is 0.348 e. The Bertz CT molecular complexity index is 1270. The number of halogens is 1. The van der Waals surface area contributed by atoms with Crippen LogP contribution in [-0.4, -0.2) is 42.0 Å². The average Bonchev–Trinajstić information content (AvgIpc) is 3.26. The van der Waals surface area contributed by atoms with Crippen LogP contribution < -0.4 is 10.6 Å².